The molecule has 172 valence electrons. The number of pyridine rings is 1. The fraction of sp³-hybridized carbons (Fsp3) is 0.435. The van der Waals surface area contributed by atoms with Gasteiger partial charge in [-0.1, -0.05) is 24.1 Å². The van der Waals surface area contributed by atoms with Gasteiger partial charge in [0.15, 0.2) is 11.9 Å². The number of H-pyrrole nitrogens is 1. The first-order chi connectivity index (χ1) is 15.6. The zero-order valence-electron chi connectivity index (χ0n) is 18.5. The van der Waals surface area contributed by atoms with Crippen molar-refractivity contribution < 1.29 is 14.1 Å². The molecule has 4 rings (SSSR count). The van der Waals surface area contributed by atoms with Crippen LogP contribution in [0.25, 0.3) is 0 Å². The first-order valence-electron chi connectivity index (χ1n) is 11.2. The molecule has 2 aromatic rings. The third-order valence-corrected chi connectivity index (χ3v) is 8.88. The molecule has 1 saturated heterocycles. The molecule has 7 nitrogen and oxygen atoms in total. The van der Waals surface area contributed by atoms with E-state index in [0.717, 1.165) is 48.6 Å². The van der Waals surface area contributed by atoms with Crippen LogP contribution in [0.3, 0.4) is 0 Å². The third kappa shape index (κ3) is 5.32. The summed E-state index contributed by atoms with van der Waals surface area (Å²) >= 11 is 6.36. The van der Waals surface area contributed by atoms with E-state index in [9.17, 15) is 4.79 Å². The molecular weight excluding hydrogens is 444 g/mol. The summed E-state index contributed by atoms with van der Waals surface area (Å²) in [5.74, 6) is 4.94. The fourth-order valence-electron chi connectivity index (χ4n) is 4.39. The molecule has 1 saturated carbocycles. The highest BCUT2D eigenvalue weighted by Gasteiger charge is 2.32. The summed E-state index contributed by atoms with van der Waals surface area (Å²) in [7, 11) is -0.123. The van der Waals surface area contributed by atoms with Crippen molar-refractivity contribution >= 4 is 39.4 Å². The van der Waals surface area contributed by atoms with Crippen LogP contribution in [-0.2, 0) is 6.54 Å². The number of piperazine rings is 1. The van der Waals surface area contributed by atoms with Crippen molar-refractivity contribution in [3.8, 4) is 0 Å². The Kier molecular flexibility index (Phi) is 7.80. The summed E-state index contributed by atoms with van der Waals surface area (Å²) in [6.45, 7) is 7.45. The van der Waals surface area contributed by atoms with Crippen molar-refractivity contribution in [2.45, 2.75) is 38.8 Å². The number of anilines is 1. The fourth-order valence-corrected chi connectivity index (χ4v) is 6.69. The number of nitrogen functional groups attached to an aromatic ring is 1. The van der Waals surface area contributed by atoms with Gasteiger partial charge in [0.05, 0.1) is 16.5 Å². The number of aromatic nitrogens is 1. The summed E-state index contributed by atoms with van der Waals surface area (Å²) in [6.07, 6.45) is 5.81. The molecule has 1 aliphatic carbocycles. The zero-order chi connectivity index (χ0) is 22.5. The Morgan fingerprint density at radius 3 is 2.69 bits per heavy atom. The Morgan fingerprint density at radius 2 is 2.12 bits per heavy atom. The van der Waals surface area contributed by atoms with E-state index in [0.29, 0.717) is 12.1 Å². The molecule has 2 aliphatic rings. The van der Waals surface area contributed by atoms with Gasteiger partial charge in [-0.2, -0.15) is 0 Å². The molecule has 0 bridgehead atoms. The van der Waals surface area contributed by atoms with Gasteiger partial charge in [0, 0.05) is 35.6 Å². The van der Waals surface area contributed by atoms with Gasteiger partial charge < -0.3 is 0 Å². The average Bonchev–Trinajstić information content (AvgIpc) is 2.78. The number of carbonyl (C=O) groups is 1. The lowest BCUT2D eigenvalue weighted by Gasteiger charge is -2.42. The highest BCUT2D eigenvalue weighted by Crippen LogP contribution is 2.28. The minimum atomic E-state index is -0.310. The number of rotatable bonds is 7. The predicted molar refractivity (Wildman–Crippen MR) is 132 cm³/mol. The second-order valence-electron chi connectivity index (χ2n) is 8.30. The van der Waals surface area contributed by atoms with Gasteiger partial charge in [0.25, 0.3) is 5.91 Å². The van der Waals surface area contributed by atoms with Crippen LogP contribution in [-0.4, -0.2) is 48.4 Å². The Bertz CT molecular complexity index is 957. The van der Waals surface area contributed by atoms with Gasteiger partial charge in [-0.15, -0.1) is 0 Å². The summed E-state index contributed by atoms with van der Waals surface area (Å²) in [5, 5.41) is 3.06. The smallest absolute Gasteiger partial charge is 0.271 e. The monoisotopic (exact) mass is 476 g/mol. The first kappa shape index (κ1) is 23.2. The van der Waals surface area contributed by atoms with E-state index >= 15 is 0 Å². The highest BCUT2D eigenvalue weighted by molar-refractivity contribution is 8.10. The average molecular weight is 477 g/mol. The van der Waals surface area contributed by atoms with Crippen molar-refractivity contribution in [2.24, 2.45) is 5.84 Å². The number of aromatic amines is 1. The van der Waals surface area contributed by atoms with Crippen LogP contribution in [0.5, 0.6) is 0 Å². The summed E-state index contributed by atoms with van der Waals surface area (Å²) in [5.41, 5.74) is 4.79. The molecule has 0 radical (unpaired) electrons. The van der Waals surface area contributed by atoms with E-state index < -0.39 is 0 Å². The molecular formula is C23H33ClN6OS+2. The minimum absolute atomic E-state index is 0.123. The Balaban J connectivity index is 1.55. The maximum absolute atomic E-state index is 11.8. The number of nitrogens with two attached hydrogens (primary N) is 1. The molecule has 5 N–H and O–H groups in total. The summed E-state index contributed by atoms with van der Waals surface area (Å²) in [4.78, 5) is 17.7. The number of hydrogen-bond donors (Lipinski definition) is 3. The topological polar surface area (TPSA) is 80.2 Å². The lowest BCUT2D eigenvalue weighted by Crippen LogP contribution is -3.11. The number of hydrazine groups is 1. The van der Waals surface area contributed by atoms with Crippen LogP contribution in [0.1, 0.15) is 42.2 Å². The lowest BCUT2D eigenvalue weighted by molar-refractivity contribution is -0.763. The van der Waals surface area contributed by atoms with Crippen LogP contribution in [0, 0.1) is 0 Å². The van der Waals surface area contributed by atoms with E-state index in [4.69, 9.17) is 17.4 Å². The minimum Gasteiger partial charge on any atom is -0.290 e. The molecule has 1 aromatic heterocycles. The molecule has 9 heteroatoms. The van der Waals surface area contributed by atoms with Crippen LogP contribution in [0.4, 0.5) is 5.69 Å². The molecule has 32 heavy (non-hydrogen) atoms. The Morgan fingerprint density at radius 1 is 1.34 bits per heavy atom. The number of halogens is 1. The largest absolute Gasteiger partial charge is 0.290 e. The van der Waals surface area contributed by atoms with Crippen LogP contribution in [0.15, 0.2) is 42.6 Å². The van der Waals surface area contributed by atoms with Gasteiger partial charge in [-0.05, 0) is 44.0 Å². The standard InChI is InChI=1S/C23H31ClN6OS/c1-2-32(29-13-11-28(12-14-29)21-6-4-7-21)30(22-8-3-5-19(24)15-22)17-20-10-9-18(16-26-20)23(31)27-25/h2-3,5,8-10,15-16,21H,4,6-7,11-14,17,25H2,1H3,(H,27,31)/p+2. The molecule has 2 heterocycles. The quantitative estimate of drug-likeness (QED) is 0.244. The molecule has 0 spiro atoms. The second kappa shape index (κ2) is 10.8. The molecule has 1 aromatic carbocycles. The molecule has 1 aliphatic heterocycles. The number of carbonyl (C=O) groups excluding carboxylic acids is 1. The second-order valence-corrected chi connectivity index (χ2v) is 10.9. The Labute approximate surface area is 197 Å². The van der Waals surface area contributed by atoms with Gasteiger partial charge >= 0.3 is 0 Å². The third-order valence-electron chi connectivity index (χ3n) is 6.38. The predicted octanol–water partition coefficient (Wildman–Crippen LogP) is 1.44. The van der Waals surface area contributed by atoms with Crippen LogP contribution >= 0.6 is 22.5 Å². The number of nitrogens with zero attached hydrogens (tertiary/aromatic N) is 2. The molecule has 1 atom stereocenters. The first-order valence-corrected chi connectivity index (χ1v) is 12.9. The van der Waals surface area contributed by atoms with Crippen molar-refractivity contribution in [1.29, 1.82) is 0 Å². The van der Waals surface area contributed by atoms with Gasteiger partial charge in [-0.3, -0.25) is 23.7 Å². The lowest BCUT2D eigenvalue weighted by atomic mass is 9.91. The number of amides is 1. The SMILES string of the molecule is CC=S(N(Cc1ccc(C(=O)NN)c[nH+]1)c1cccc(Cl)c1)[NH+]1CCN(C2CCC2)CC1. The van der Waals surface area contributed by atoms with Crippen molar-refractivity contribution in [2.75, 3.05) is 30.5 Å². The van der Waals surface area contributed by atoms with E-state index in [2.05, 4.69) is 38.0 Å². The number of benzene rings is 1. The number of nitrogens with one attached hydrogen (secondary N) is 3. The Hall–Kier alpha value is -1.97. The van der Waals surface area contributed by atoms with Crippen molar-refractivity contribution in [3.63, 3.8) is 0 Å². The van der Waals surface area contributed by atoms with E-state index in [-0.39, 0.29) is 16.8 Å². The summed E-state index contributed by atoms with van der Waals surface area (Å²) < 4.78 is 4.02. The van der Waals surface area contributed by atoms with Crippen LogP contribution < -0.4 is 24.9 Å². The van der Waals surface area contributed by atoms with E-state index in [1.54, 1.807) is 16.6 Å². The maximum Gasteiger partial charge on any atom is 0.271 e. The molecule has 1 unspecified atom stereocenters. The number of quaternary nitrogens is 1. The van der Waals surface area contributed by atoms with Gasteiger partial charge in [0.2, 0.25) is 0 Å². The van der Waals surface area contributed by atoms with Gasteiger partial charge in [0.1, 0.15) is 25.2 Å². The van der Waals surface area contributed by atoms with Crippen LogP contribution in [0.2, 0.25) is 5.02 Å². The maximum atomic E-state index is 11.8. The van der Waals surface area contributed by atoms with Crippen molar-refractivity contribution in [3.05, 3.63) is 58.9 Å². The van der Waals surface area contributed by atoms with E-state index in [1.807, 2.05) is 24.3 Å². The summed E-state index contributed by atoms with van der Waals surface area (Å²) in [6, 6.07) is 12.6. The zero-order valence-corrected chi connectivity index (χ0v) is 20.1. The molecule has 1 amide bonds. The normalized spacial score (nSPS) is 18.8. The highest BCUT2D eigenvalue weighted by atomic mass is 35.5. The van der Waals surface area contributed by atoms with E-state index in [1.165, 1.54) is 19.3 Å². The number of hydrogen-bond acceptors (Lipinski definition) is 4. The van der Waals surface area contributed by atoms with Crippen molar-refractivity contribution in [1.82, 2.24) is 10.3 Å². The van der Waals surface area contributed by atoms with Gasteiger partial charge in [-0.25, -0.2) is 10.8 Å². The molecule has 2 fully saturated rings.